The molecule has 1 aromatic carbocycles. The van der Waals surface area contributed by atoms with Crippen molar-refractivity contribution >= 4 is 0 Å². The minimum Gasteiger partial charge on any atom is -0.392 e. The van der Waals surface area contributed by atoms with Crippen molar-refractivity contribution in [1.82, 2.24) is 0 Å². The van der Waals surface area contributed by atoms with Crippen LogP contribution in [0.4, 0.5) is 4.39 Å². The molecule has 1 rings (SSSR count). The number of nitrogens with two attached hydrogens (primary N) is 1. The SMILES string of the molecule is CC(N)Cc1ccc(F)cc1CO. The summed E-state index contributed by atoms with van der Waals surface area (Å²) in [5, 5.41) is 8.95. The summed E-state index contributed by atoms with van der Waals surface area (Å²) in [6, 6.07) is 4.43. The summed E-state index contributed by atoms with van der Waals surface area (Å²) in [6.07, 6.45) is 0.663. The van der Waals surface area contributed by atoms with E-state index in [1.807, 2.05) is 6.92 Å². The highest BCUT2D eigenvalue weighted by Gasteiger charge is 2.05. The summed E-state index contributed by atoms with van der Waals surface area (Å²) < 4.78 is 12.7. The molecule has 0 saturated carbocycles. The van der Waals surface area contributed by atoms with Gasteiger partial charge in [0.15, 0.2) is 0 Å². The zero-order valence-electron chi connectivity index (χ0n) is 7.63. The van der Waals surface area contributed by atoms with Crippen molar-refractivity contribution in [2.24, 2.45) is 5.73 Å². The smallest absolute Gasteiger partial charge is 0.123 e. The molecule has 3 heteroatoms. The monoisotopic (exact) mass is 183 g/mol. The molecule has 0 saturated heterocycles. The maximum absolute atomic E-state index is 12.7. The Morgan fingerprint density at radius 3 is 2.69 bits per heavy atom. The van der Waals surface area contributed by atoms with Gasteiger partial charge in [-0.05, 0) is 36.6 Å². The second-order valence-electron chi connectivity index (χ2n) is 3.25. The summed E-state index contributed by atoms with van der Waals surface area (Å²) in [6.45, 7) is 1.74. The summed E-state index contributed by atoms with van der Waals surface area (Å²) >= 11 is 0. The molecule has 13 heavy (non-hydrogen) atoms. The van der Waals surface area contributed by atoms with Crippen LogP contribution in [0.1, 0.15) is 18.1 Å². The summed E-state index contributed by atoms with van der Waals surface area (Å²) in [4.78, 5) is 0. The van der Waals surface area contributed by atoms with E-state index in [0.717, 1.165) is 5.56 Å². The first-order valence-corrected chi connectivity index (χ1v) is 4.27. The normalized spacial score (nSPS) is 12.9. The maximum Gasteiger partial charge on any atom is 0.123 e. The number of aliphatic hydroxyl groups is 1. The van der Waals surface area contributed by atoms with Crippen molar-refractivity contribution in [3.63, 3.8) is 0 Å². The van der Waals surface area contributed by atoms with Gasteiger partial charge in [0.1, 0.15) is 5.82 Å². The first-order valence-electron chi connectivity index (χ1n) is 4.27. The summed E-state index contributed by atoms with van der Waals surface area (Å²) in [7, 11) is 0. The van der Waals surface area contributed by atoms with E-state index < -0.39 is 0 Å². The molecular weight excluding hydrogens is 169 g/mol. The molecule has 3 N–H and O–H groups in total. The van der Waals surface area contributed by atoms with Gasteiger partial charge in [0.2, 0.25) is 0 Å². The van der Waals surface area contributed by atoms with E-state index in [1.165, 1.54) is 12.1 Å². The van der Waals surface area contributed by atoms with Crippen LogP contribution < -0.4 is 5.73 Å². The van der Waals surface area contributed by atoms with Crippen molar-refractivity contribution in [3.8, 4) is 0 Å². The highest BCUT2D eigenvalue weighted by Crippen LogP contribution is 2.12. The van der Waals surface area contributed by atoms with Crippen LogP contribution in [-0.4, -0.2) is 11.1 Å². The van der Waals surface area contributed by atoms with Crippen molar-refractivity contribution < 1.29 is 9.50 Å². The van der Waals surface area contributed by atoms with E-state index >= 15 is 0 Å². The van der Waals surface area contributed by atoms with Crippen LogP contribution in [0.3, 0.4) is 0 Å². The summed E-state index contributed by atoms with van der Waals surface area (Å²) in [5.41, 5.74) is 7.15. The van der Waals surface area contributed by atoms with Crippen LogP contribution in [0.15, 0.2) is 18.2 Å². The third-order valence-electron chi connectivity index (χ3n) is 1.88. The van der Waals surface area contributed by atoms with Gasteiger partial charge in [-0.3, -0.25) is 0 Å². The van der Waals surface area contributed by atoms with Gasteiger partial charge >= 0.3 is 0 Å². The second kappa shape index (κ2) is 4.35. The molecule has 0 aliphatic rings. The largest absolute Gasteiger partial charge is 0.392 e. The molecule has 0 aliphatic carbocycles. The number of rotatable bonds is 3. The van der Waals surface area contributed by atoms with Crippen LogP contribution in [0.2, 0.25) is 0 Å². The van der Waals surface area contributed by atoms with Crippen LogP contribution in [-0.2, 0) is 13.0 Å². The molecule has 0 bridgehead atoms. The Balaban J connectivity index is 2.92. The molecule has 1 atom stereocenters. The number of hydrogen-bond donors (Lipinski definition) is 2. The zero-order valence-corrected chi connectivity index (χ0v) is 7.63. The fraction of sp³-hybridized carbons (Fsp3) is 0.400. The van der Waals surface area contributed by atoms with E-state index in [0.29, 0.717) is 12.0 Å². The Morgan fingerprint density at radius 1 is 1.46 bits per heavy atom. The van der Waals surface area contributed by atoms with Gasteiger partial charge in [-0.1, -0.05) is 6.07 Å². The predicted octanol–water partition coefficient (Wildman–Crippen LogP) is 1.21. The van der Waals surface area contributed by atoms with Gasteiger partial charge in [-0.15, -0.1) is 0 Å². The molecule has 0 spiro atoms. The van der Waals surface area contributed by atoms with Gasteiger partial charge in [0.05, 0.1) is 6.61 Å². The third-order valence-corrected chi connectivity index (χ3v) is 1.88. The number of halogens is 1. The molecule has 1 unspecified atom stereocenters. The van der Waals surface area contributed by atoms with Gasteiger partial charge in [-0.2, -0.15) is 0 Å². The Labute approximate surface area is 77.2 Å². The predicted molar refractivity (Wildman–Crippen MR) is 49.7 cm³/mol. The highest BCUT2D eigenvalue weighted by atomic mass is 19.1. The minimum absolute atomic E-state index is 0.0239. The fourth-order valence-electron chi connectivity index (χ4n) is 1.29. The van der Waals surface area contributed by atoms with Gasteiger partial charge in [0.25, 0.3) is 0 Å². The summed E-state index contributed by atoms with van der Waals surface area (Å²) in [5.74, 6) is -0.322. The van der Waals surface area contributed by atoms with Crippen LogP contribution in [0.5, 0.6) is 0 Å². The standard InChI is InChI=1S/C10H14FNO/c1-7(12)4-8-2-3-10(11)5-9(8)6-13/h2-3,5,7,13H,4,6,12H2,1H3. The molecule has 0 amide bonds. The Kier molecular flexibility index (Phi) is 3.39. The van der Waals surface area contributed by atoms with Crippen molar-refractivity contribution in [2.75, 3.05) is 0 Å². The first kappa shape index (κ1) is 10.2. The molecular formula is C10H14FNO. The lowest BCUT2D eigenvalue weighted by Crippen LogP contribution is -2.18. The van der Waals surface area contributed by atoms with E-state index in [4.69, 9.17) is 10.8 Å². The number of benzene rings is 1. The minimum atomic E-state index is -0.322. The number of aliphatic hydroxyl groups excluding tert-OH is 1. The van der Waals surface area contributed by atoms with Crippen molar-refractivity contribution in [3.05, 3.63) is 35.1 Å². The maximum atomic E-state index is 12.7. The van der Waals surface area contributed by atoms with Crippen molar-refractivity contribution in [1.29, 1.82) is 0 Å². The van der Waals surface area contributed by atoms with Crippen molar-refractivity contribution in [2.45, 2.75) is 26.0 Å². The van der Waals surface area contributed by atoms with E-state index in [1.54, 1.807) is 6.07 Å². The average molecular weight is 183 g/mol. The van der Waals surface area contributed by atoms with Gasteiger partial charge in [0, 0.05) is 6.04 Å². The lowest BCUT2D eigenvalue weighted by Gasteiger charge is -2.09. The average Bonchev–Trinajstić information content (AvgIpc) is 2.07. The fourth-order valence-corrected chi connectivity index (χ4v) is 1.29. The Bertz CT molecular complexity index is 286. The molecule has 0 radical (unpaired) electrons. The van der Waals surface area contributed by atoms with Crippen LogP contribution in [0.25, 0.3) is 0 Å². The van der Waals surface area contributed by atoms with Gasteiger partial charge in [-0.25, -0.2) is 4.39 Å². The number of hydrogen-bond acceptors (Lipinski definition) is 2. The molecule has 0 aromatic heterocycles. The van der Waals surface area contributed by atoms with Crippen LogP contribution >= 0.6 is 0 Å². The zero-order chi connectivity index (χ0) is 9.84. The lowest BCUT2D eigenvalue weighted by atomic mass is 10.0. The Hall–Kier alpha value is -0.930. The quantitative estimate of drug-likeness (QED) is 0.739. The molecule has 0 fully saturated rings. The first-order chi connectivity index (χ1) is 6.13. The van der Waals surface area contributed by atoms with Crippen LogP contribution in [0, 0.1) is 5.82 Å². The molecule has 72 valence electrons. The van der Waals surface area contributed by atoms with E-state index in [9.17, 15) is 4.39 Å². The van der Waals surface area contributed by atoms with Gasteiger partial charge < -0.3 is 10.8 Å². The molecule has 1 aromatic rings. The lowest BCUT2D eigenvalue weighted by molar-refractivity contribution is 0.280. The highest BCUT2D eigenvalue weighted by molar-refractivity contribution is 5.27. The third kappa shape index (κ3) is 2.79. The topological polar surface area (TPSA) is 46.2 Å². The molecule has 2 nitrogen and oxygen atoms in total. The molecule has 0 heterocycles. The second-order valence-corrected chi connectivity index (χ2v) is 3.25. The van der Waals surface area contributed by atoms with E-state index in [2.05, 4.69) is 0 Å². The van der Waals surface area contributed by atoms with E-state index in [-0.39, 0.29) is 18.5 Å². The molecule has 0 aliphatic heterocycles. The Morgan fingerprint density at radius 2 is 2.15 bits per heavy atom.